The van der Waals surface area contributed by atoms with Gasteiger partial charge in [-0.05, 0) is 38.5 Å². The Morgan fingerprint density at radius 3 is 2.53 bits per heavy atom. The highest BCUT2D eigenvalue weighted by molar-refractivity contribution is 7.17. The van der Waals surface area contributed by atoms with Gasteiger partial charge in [0.25, 0.3) is 0 Å². The number of hydrogen-bond acceptors (Lipinski definition) is 4. The first kappa shape index (κ1) is 14.3. The first-order chi connectivity index (χ1) is 9.02. The molecule has 0 bridgehead atoms. The van der Waals surface area contributed by atoms with E-state index in [1.165, 1.54) is 43.4 Å². The molecule has 0 spiro atoms. The number of nitrogens with zero attached hydrogens (tertiary/aromatic N) is 2. The van der Waals surface area contributed by atoms with E-state index >= 15 is 0 Å². The second kappa shape index (κ2) is 5.90. The zero-order valence-electron chi connectivity index (χ0n) is 11.8. The van der Waals surface area contributed by atoms with E-state index in [-0.39, 0.29) is 0 Å². The summed E-state index contributed by atoms with van der Waals surface area (Å²) in [6, 6.07) is 0.509. The van der Waals surface area contributed by atoms with Crippen molar-refractivity contribution in [3.8, 4) is 0 Å². The standard InChI is InChI=1S/C14H22N2O2S/c1-4-10-5-7-11(8-6-10)16(3)14-15-9(2)12(19-14)13(17)18/h10-11H,4-8H2,1-3H3,(H,17,18). The molecule has 1 aliphatic carbocycles. The fourth-order valence-corrected chi connectivity index (χ4v) is 3.77. The number of hydrogen-bond donors (Lipinski definition) is 1. The predicted molar refractivity (Wildman–Crippen MR) is 78.3 cm³/mol. The molecule has 1 aromatic heterocycles. The van der Waals surface area contributed by atoms with E-state index in [1.807, 2.05) is 7.05 Å². The monoisotopic (exact) mass is 282 g/mol. The minimum absolute atomic E-state index is 0.365. The first-order valence-electron chi connectivity index (χ1n) is 6.96. The van der Waals surface area contributed by atoms with Gasteiger partial charge < -0.3 is 10.0 Å². The van der Waals surface area contributed by atoms with Crippen molar-refractivity contribution >= 4 is 22.4 Å². The first-order valence-corrected chi connectivity index (χ1v) is 7.78. The normalized spacial score (nSPS) is 23.3. The number of aromatic carboxylic acids is 1. The SMILES string of the molecule is CCC1CCC(N(C)c2nc(C)c(C(=O)O)s2)CC1. The van der Waals surface area contributed by atoms with Gasteiger partial charge >= 0.3 is 5.97 Å². The Bertz CT molecular complexity index is 450. The van der Waals surface area contributed by atoms with E-state index in [4.69, 9.17) is 5.11 Å². The molecule has 2 rings (SSSR count). The highest BCUT2D eigenvalue weighted by Gasteiger charge is 2.26. The lowest BCUT2D eigenvalue weighted by Crippen LogP contribution is -2.35. The molecule has 1 aromatic rings. The number of anilines is 1. The molecule has 1 fully saturated rings. The number of carbonyl (C=O) groups is 1. The van der Waals surface area contributed by atoms with Gasteiger partial charge in [-0.25, -0.2) is 9.78 Å². The molecule has 0 atom stereocenters. The Morgan fingerprint density at radius 1 is 1.42 bits per heavy atom. The lowest BCUT2D eigenvalue weighted by Gasteiger charge is -2.34. The maximum Gasteiger partial charge on any atom is 0.347 e. The molecule has 1 aliphatic rings. The minimum atomic E-state index is -0.871. The molecule has 4 nitrogen and oxygen atoms in total. The van der Waals surface area contributed by atoms with Crippen LogP contribution < -0.4 is 4.90 Å². The summed E-state index contributed by atoms with van der Waals surface area (Å²) in [4.78, 5) is 18.0. The van der Waals surface area contributed by atoms with E-state index in [9.17, 15) is 4.79 Å². The summed E-state index contributed by atoms with van der Waals surface area (Å²) >= 11 is 1.29. The molecule has 0 radical (unpaired) electrons. The van der Waals surface area contributed by atoms with Gasteiger partial charge in [-0.3, -0.25) is 0 Å². The van der Waals surface area contributed by atoms with Crippen molar-refractivity contribution in [3.05, 3.63) is 10.6 Å². The molecule has 0 aliphatic heterocycles. The van der Waals surface area contributed by atoms with Crippen LogP contribution in [0.3, 0.4) is 0 Å². The molecule has 5 heteroatoms. The quantitative estimate of drug-likeness (QED) is 0.917. The van der Waals surface area contributed by atoms with Gasteiger partial charge in [0, 0.05) is 13.1 Å². The van der Waals surface area contributed by atoms with Crippen LogP contribution in [-0.2, 0) is 0 Å². The van der Waals surface area contributed by atoms with E-state index < -0.39 is 5.97 Å². The third kappa shape index (κ3) is 3.08. The minimum Gasteiger partial charge on any atom is -0.477 e. The Kier molecular flexibility index (Phi) is 4.45. The predicted octanol–water partition coefficient (Wildman–Crippen LogP) is 3.55. The molecule has 0 saturated heterocycles. The van der Waals surface area contributed by atoms with Gasteiger partial charge in [0.1, 0.15) is 4.88 Å². The molecule has 1 N–H and O–H groups in total. The van der Waals surface area contributed by atoms with Gasteiger partial charge in [-0.2, -0.15) is 0 Å². The van der Waals surface area contributed by atoms with Gasteiger partial charge in [0.05, 0.1) is 5.69 Å². The third-order valence-electron chi connectivity index (χ3n) is 4.22. The molecular weight excluding hydrogens is 260 g/mol. The van der Waals surface area contributed by atoms with Crippen molar-refractivity contribution in [2.45, 2.75) is 52.0 Å². The largest absolute Gasteiger partial charge is 0.477 e. The fourth-order valence-electron chi connectivity index (χ4n) is 2.83. The van der Waals surface area contributed by atoms with Crippen molar-refractivity contribution < 1.29 is 9.90 Å². The maximum absolute atomic E-state index is 11.1. The third-order valence-corrected chi connectivity index (χ3v) is 5.46. The Morgan fingerprint density at radius 2 is 2.05 bits per heavy atom. The molecule has 0 amide bonds. The van der Waals surface area contributed by atoms with Crippen LogP contribution in [0.1, 0.15) is 54.4 Å². The summed E-state index contributed by atoms with van der Waals surface area (Å²) in [5, 5.41) is 9.93. The fraction of sp³-hybridized carbons (Fsp3) is 0.714. The highest BCUT2D eigenvalue weighted by Crippen LogP contribution is 2.33. The average molecular weight is 282 g/mol. The zero-order chi connectivity index (χ0) is 14.0. The smallest absolute Gasteiger partial charge is 0.347 e. The summed E-state index contributed by atoms with van der Waals surface area (Å²) in [5.41, 5.74) is 0.626. The van der Waals surface area contributed by atoms with Crippen molar-refractivity contribution in [1.82, 2.24) is 4.98 Å². The molecule has 1 saturated carbocycles. The Labute approximate surface area is 118 Å². The number of carboxylic acid groups (broad SMARTS) is 1. The van der Waals surface area contributed by atoms with Crippen LogP contribution >= 0.6 is 11.3 Å². The van der Waals surface area contributed by atoms with Crippen molar-refractivity contribution in [3.63, 3.8) is 0 Å². The van der Waals surface area contributed by atoms with Crippen LogP contribution in [0.2, 0.25) is 0 Å². The number of thiazole rings is 1. The van der Waals surface area contributed by atoms with E-state index in [0.29, 0.717) is 16.6 Å². The number of aryl methyl sites for hydroxylation is 1. The van der Waals surface area contributed by atoms with E-state index in [1.54, 1.807) is 6.92 Å². The Balaban J connectivity index is 2.06. The van der Waals surface area contributed by atoms with Crippen molar-refractivity contribution in [1.29, 1.82) is 0 Å². The van der Waals surface area contributed by atoms with E-state index in [2.05, 4.69) is 16.8 Å². The number of rotatable bonds is 4. The van der Waals surface area contributed by atoms with Gasteiger partial charge in [0.15, 0.2) is 5.13 Å². The topological polar surface area (TPSA) is 53.4 Å². The van der Waals surface area contributed by atoms with Gasteiger partial charge in [0.2, 0.25) is 0 Å². The summed E-state index contributed by atoms with van der Waals surface area (Å²) in [6.07, 6.45) is 6.21. The second-order valence-corrected chi connectivity index (χ2v) is 6.39. The summed E-state index contributed by atoms with van der Waals surface area (Å²) in [7, 11) is 2.04. The van der Waals surface area contributed by atoms with Crippen LogP contribution in [0, 0.1) is 12.8 Å². The summed E-state index contributed by atoms with van der Waals surface area (Å²) in [5.74, 6) is 0.00148. The zero-order valence-corrected chi connectivity index (χ0v) is 12.7. The van der Waals surface area contributed by atoms with Crippen LogP contribution in [0.15, 0.2) is 0 Å². The van der Waals surface area contributed by atoms with Crippen LogP contribution in [0.4, 0.5) is 5.13 Å². The lowest BCUT2D eigenvalue weighted by molar-refractivity contribution is 0.0701. The second-order valence-electron chi connectivity index (χ2n) is 5.41. The Hall–Kier alpha value is -1.10. The molecule has 1 heterocycles. The molecule has 0 aromatic carbocycles. The van der Waals surface area contributed by atoms with Crippen LogP contribution in [-0.4, -0.2) is 29.1 Å². The molecule has 19 heavy (non-hydrogen) atoms. The van der Waals surface area contributed by atoms with Crippen molar-refractivity contribution in [2.75, 3.05) is 11.9 Å². The van der Waals surface area contributed by atoms with E-state index in [0.717, 1.165) is 11.0 Å². The summed E-state index contributed by atoms with van der Waals surface area (Å²) in [6.45, 7) is 4.03. The number of carboxylic acids is 1. The maximum atomic E-state index is 11.1. The van der Waals surface area contributed by atoms with Crippen molar-refractivity contribution in [2.24, 2.45) is 5.92 Å². The van der Waals surface area contributed by atoms with Crippen LogP contribution in [0.25, 0.3) is 0 Å². The highest BCUT2D eigenvalue weighted by atomic mass is 32.1. The lowest BCUT2D eigenvalue weighted by atomic mass is 9.84. The number of aromatic nitrogens is 1. The molecule has 0 unspecified atom stereocenters. The summed E-state index contributed by atoms with van der Waals surface area (Å²) < 4.78 is 0. The van der Waals surface area contributed by atoms with Gasteiger partial charge in [-0.1, -0.05) is 24.7 Å². The molecule has 106 valence electrons. The average Bonchev–Trinajstić information content (AvgIpc) is 2.80. The van der Waals surface area contributed by atoms with Crippen LogP contribution in [0.5, 0.6) is 0 Å². The van der Waals surface area contributed by atoms with Gasteiger partial charge in [-0.15, -0.1) is 0 Å². The molecular formula is C14H22N2O2S.